The van der Waals surface area contributed by atoms with Gasteiger partial charge in [0, 0.05) is 36.1 Å². The Bertz CT molecular complexity index is 586. The van der Waals surface area contributed by atoms with Crippen molar-refractivity contribution in [2.75, 3.05) is 0 Å². The average Bonchev–Trinajstić information content (AvgIpc) is 2.71. The molecule has 0 saturated carbocycles. The normalized spacial score (nSPS) is 12.7. The lowest BCUT2D eigenvalue weighted by atomic mass is 10.1. The molecule has 0 saturated heterocycles. The fraction of sp³-hybridized carbons (Fsp3) is 0.500. The third-order valence-electron chi connectivity index (χ3n) is 3.71. The van der Waals surface area contributed by atoms with Crippen LogP contribution in [0.5, 0.6) is 0 Å². The quantitative estimate of drug-likeness (QED) is 0.909. The number of aromatic nitrogens is 3. The smallest absolute Gasteiger partial charge is 0.0644 e. The molecule has 1 N–H and O–H groups in total. The van der Waals surface area contributed by atoms with Crippen LogP contribution in [0.3, 0.4) is 0 Å². The fourth-order valence-corrected chi connectivity index (χ4v) is 2.70. The summed E-state index contributed by atoms with van der Waals surface area (Å²) in [6.07, 6.45) is 0. The number of hydrogen-bond donors (Lipinski definition) is 1. The number of aryl methyl sites for hydroxylation is 3. The van der Waals surface area contributed by atoms with Crippen molar-refractivity contribution in [1.29, 1.82) is 0 Å². The Morgan fingerprint density at radius 1 is 1.25 bits per heavy atom. The molecule has 0 aromatic carbocycles. The van der Waals surface area contributed by atoms with Gasteiger partial charge in [-0.25, -0.2) is 0 Å². The van der Waals surface area contributed by atoms with Gasteiger partial charge in [-0.05, 0) is 46.8 Å². The Hall–Kier alpha value is -1.68. The Morgan fingerprint density at radius 2 is 2.00 bits per heavy atom. The average molecular weight is 272 g/mol. The zero-order valence-electron chi connectivity index (χ0n) is 13.1. The number of rotatable bonds is 5. The van der Waals surface area contributed by atoms with E-state index in [0.29, 0.717) is 0 Å². The maximum atomic E-state index is 4.58. The van der Waals surface area contributed by atoms with E-state index in [9.17, 15) is 0 Å². The second-order valence-corrected chi connectivity index (χ2v) is 5.27. The molecule has 0 fully saturated rings. The predicted octanol–water partition coefficient (Wildman–Crippen LogP) is 3.07. The standard InChI is InChI=1S/C16H24N4/c1-6-20-14(5)16(13(4)19-20)12(3)17-10-15-9-7-8-11(2)18-15/h7-9,12,17H,6,10H2,1-5H3. The van der Waals surface area contributed by atoms with Crippen molar-refractivity contribution in [2.45, 2.75) is 53.8 Å². The number of pyridine rings is 1. The lowest BCUT2D eigenvalue weighted by Gasteiger charge is -2.15. The Morgan fingerprint density at radius 3 is 2.60 bits per heavy atom. The summed E-state index contributed by atoms with van der Waals surface area (Å²) >= 11 is 0. The minimum absolute atomic E-state index is 0.276. The van der Waals surface area contributed by atoms with Crippen LogP contribution in [0.1, 0.15) is 48.2 Å². The molecule has 0 amide bonds. The third-order valence-corrected chi connectivity index (χ3v) is 3.71. The van der Waals surface area contributed by atoms with E-state index in [1.165, 1.54) is 11.3 Å². The van der Waals surface area contributed by atoms with Gasteiger partial charge in [0.15, 0.2) is 0 Å². The summed E-state index contributed by atoms with van der Waals surface area (Å²) in [4.78, 5) is 4.52. The molecule has 0 aliphatic heterocycles. The molecule has 1 unspecified atom stereocenters. The first-order chi connectivity index (χ1) is 9.52. The van der Waals surface area contributed by atoms with E-state index in [1.54, 1.807) is 0 Å². The molecular weight excluding hydrogens is 248 g/mol. The van der Waals surface area contributed by atoms with Crippen LogP contribution in [0.25, 0.3) is 0 Å². The molecule has 108 valence electrons. The van der Waals surface area contributed by atoms with Gasteiger partial charge in [0.25, 0.3) is 0 Å². The van der Waals surface area contributed by atoms with Crippen LogP contribution in [-0.2, 0) is 13.1 Å². The van der Waals surface area contributed by atoms with Crippen molar-refractivity contribution in [3.05, 3.63) is 46.5 Å². The topological polar surface area (TPSA) is 42.7 Å². The van der Waals surface area contributed by atoms with Crippen LogP contribution >= 0.6 is 0 Å². The summed E-state index contributed by atoms with van der Waals surface area (Å²) in [6.45, 7) is 12.2. The lowest BCUT2D eigenvalue weighted by Crippen LogP contribution is -2.20. The molecule has 0 bridgehead atoms. The van der Waals surface area contributed by atoms with Crippen LogP contribution in [-0.4, -0.2) is 14.8 Å². The maximum absolute atomic E-state index is 4.58. The second kappa shape index (κ2) is 6.18. The van der Waals surface area contributed by atoms with Gasteiger partial charge in [-0.1, -0.05) is 6.07 Å². The van der Waals surface area contributed by atoms with Crippen molar-refractivity contribution < 1.29 is 0 Å². The zero-order valence-corrected chi connectivity index (χ0v) is 13.1. The summed E-state index contributed by atoms with van der Waals surface area (Å²) in [7, 11) is 0. The predicted molar refractivity (Wildman–Crippen MR) is 81.6 cm³/mol. The first-order valence-corrected chi connectivity index (χ1v) is 7.22. The van der Waals surface area contributed by atoms with Gasteiger partial charge < -0.3 is 5.32 Å². The maximum Gasteiger partial charge on any atom is 0.0644 e. The molecule has 2 rings (SSSR count). The molecule has 0 radical (unpaired) electrons. The van der Waals surface area contributed by atoms with Crippen molar-refractivity contribution >= 4 is 0 Å². The van der Waals surface area contributed by atoms with Gasteiger partial charge in [-0.15, -0.1) is 0 Å². The van der Waals surface area contributed by atoms with E-state index in [0.717, 1.165) is 30.2 Å². The van der Waals surface area contributed by atoms with Gasteiger partial charge in [0.05, 0.1) is 11.4 Å². The highest BCUT2D eigenvalue weighted by Crippen LogP contribution is 2.21. The van der Waals surface area contributed by atoms with Gasteiger partial charge in [-0.2, -0.15) is 5.10 Å². The lowest BCUT2D eigenvalue weighted by molar-refractivity contribution is 0.559. The summed E-state index contributed by atoms with van der Waals surface area (Å²) < 4.78 is 2.06. The third kappa shape index (κ3) is 3.07. The highest BCUT2D eigenvalue weighted by atomic mass is 15.3. The van der Waals surface area contributed by atoms with Crippen molar-refractivity contribution in [3.8, 4) is 0 Å². The van der Waals surface area contributed by atoms with Crippen LogP contribution < -0.4 is 5.32 Å². The molecule has 4 nitrogen and oxygen atoms in total. The number of nitrogens with one attached hydrogen (secondary N) is 1. The van der Waals surface area contributed by atoms with Gasteiger partial charge in [0.2, 0.25) is 0 Å². The second-order valence-electron chi connectivity index (χ2n) is 5.27. The summed E-state index contributed by atoms with van der Waals surface area (Å²) in [5.41, 5.74) is 5.81. The summed E-state index contributed by atoms with van der Waals surface area (Å²) in [6, 6.07) is 6.40. The Labute approximate surface area is 121 Å². The minimum atomic E-state index is 0.276. The van der Waals surface area contributed by atoms with E-state index < -0.39 is 0 Å². The van der Waals surface area contributed by atoms with Crippen LogP contribution in [0.15, 0.2) is 18.2 Å². The van der Waals surface area contributed by atoms with E-state index in [-0.39, 0.29) is 6.04 Å². The molecule has 1 atom stereocenters. The first-order valence-electron chi connectivity index (χ1n) is 7.22. The molecule has 2 heterocycles. The van der Waals surface area contributed by atoms with Gasteiger partial charge in [-0.3, -0.25) is 9.67 Å². The molecular formula is C16H24N4. The van der Waals surface area contributed by atoms with E-state index in [2.05, 4.69) is 59.9 Å². The Kier molecular flexibility index (Phi) is 4.55. The highest BCUT2D eigenvalue weighted by Gasteiger charge is 2.16. The molecule has 2 aromatic heterocycles. The SMILES string of the molecule is CCn1nc(C)c(C(C)NCc2cccc(C)n2)c1C. The molecule has 2 aromatic rings. The van der Waals surface area contributed by atoms with Crippen molar-refractivity contribution in [3.63, 3.8) is 0 Å². The minimum Gasteiger partial charge on any atom is -0.304 e. The molecule has 4 heteroatoms. The van der Waals surface area contributed by atoms with Crippen LogP contribution in [0.4, 0.5) is 0 Å². The number of hydrogen-bond acceptors (Lipinski definition) is 3. The number of nitrogens with zero attached hydrogens (tertiary/aromatic N) is 3. The Balaban J connectivity index is 2.09. The molecule has 0 aliphatic rings. The van der Waals surface area contributed by atoms with Gasteiger partial charge in [0.1, 0.15) is 0 Å². The van der Waals surface area contributed by atoms with Crippen molar-refractivity contribution in [2.24, 2.45) is 0 Å². The largest absolute Gasteiger partial charge is 0.304 e. The van der Waals surface area contributed by atoms with Crippen LogP contribution in [0.2, 0.25) is 0 Å². The monoisotopic (exact) mass is 272 g/mol. The molecule has 20 heavy (non-hydrogen) atoms. The summed E-state index contributed by atoms with van der Waals surface area (Å²) in [5.74, 6) is 0. The first kappa shape index (κ1) is 14.7. The molecule has 0 spiro atoms. The van der Waals surface area contributed by atoms with Crippen LogP contribution in [0, 0.1) is 20.8 Å². The highest BCUT2D eigenvalue weighted by molar-refractivity contribution is 5.28. The van der Waals surface area contributed by atoms with Gasteiger partial charge >= 0.3 is 0 Å². The summed E-state index contributed by atoms with van der Waals surface area (Å²) in [5, 5.41) is 8.13. The van der Waals surface area contributed by atoms with E-state index in [4.69, 9.17) is 0 Å². The van der Waals surface area contributed by atoms with Crippen molar-refractivity contribution in [1.82, 2.24) is 20.1 Å². The van der Waals surface area contributed by atoms with E-state index in [1.807, 2.05) is 13.0 Å². The zero-order chi connectivity index (χ0) is 14.7. The fourth-order valence-electron chi connectivity index (χ4n) is 2.70. The van der Waals surface area contributed by atoms with E-state index >= 15 is 0 Å². The molecule has 0 aliphatic carbocycles.